The average Bonchev–Trinajstić information content (AvgIpc) is 3.05. The Labute approximate surface area is 161 Å². The molecule has 1 aliphatic heterocycles. The summed E-state index contributed by atoms with van der Waals surface area (Å²) >= 11 is 0. The first-order valence-electron chi connectivity index (χ1n) is 9.63. The monoisotopic (exact) mass is 373 g/mol. The molecule has 0 spiro atoms. The van der Waals surface area contributed by atoms with Crippen molar-refractivity contribution in [3.8, 4) is 5.75 Å². The van der Waals surface area contributed by atoms with E-state index in [4.69, 9.17) is 9.15 Å². The van der Waals surface area contributed by atoms with Gasteiger partial charge in [0.15, 0.2) is 0 Å². The van der Waals surface area contributed by atoms with Gasteiger partial charge < -0.3 is 14.3 Å². The second-order valence-electron chi connectivity index (χ2n) is 7.43. The molecule has 1 N–H and O–H groups in total. The summed E-state index contributed by atoms with van der Waals surface area (Å²) in [4.78, 5) is 9.48. The molecule has 27 heavy (non-hydrogen) atoms. The van der Waals surface area contributed by atoms with Crippen molar-refractivity contribution in [1.82, 2.24) is 14.8 Å². The van der Waals surface area contributed by atoms with Gasteiger partial charge in [0, 0.05) is 56.2 Å². The van der Waals surface area contributed by atoms with E-state index in [0.29, 0.717) is 6.04 Å². The third-order valence-corrected chi connectivity index (χ3v) is 5.43. The number of nitrogens with zero attached hydrogens (tertiary/aromatic N) is 3. The number of rotatable bonds is 7. The molecule has 1 aliphatic rings. The number of aromatic nitrogens is 1. The zero-order chi connectivity index (χ0) is 19.4. The summed E-state index contributed by atoms with van der Waals surface area (Å²) < 4.78 is 11.3. The molecule has 148 valence electrons. The fraction of sp³-hybridized carbons (Fsp3) is 0.571. The van der Waals surface area contributed by atoms with Crippen molar-refractivity contribution in [2.45, 2.75) is 46.3 Å². The maximum absolute atomic E-state index is 9.53. The number of ether oxygens (including phenoxy) is 1. The Bertz CT molecular complexity index is 759. The highest BCUT2D eigenvalue weighted by atomic mass is 16.5. The number of pyridine rings is 1. The van der Waals surface area contributed by atoms with Gasteiger partial charge in [0.05, 0.1) is 19.3 Å². The van der Waals surface area contributed by atoms with Crippen LogP contribution in [-0.4, -0.2) is 59.3 Å². The molecule has 1 fully saturated rings. The summed E-state index contributed by atoms with van der Waals surface area (Å²) in [7, 11) is 1.71. The SMILES string of the molecule is COc1c(C)cnc(CN2CCN(Cc3ccc(C)o3)[C@@H](CCO)C2)c1C. The maximum Gasteiger partial charge on any atom is 0.128 e. The molecule has 1 atom stereocenters. The number of hydrogen-bond acceptors (Lipinski definition) is 6. The molecule has 0 amide bonds. The van der Waals surface area contributed by atoms with Gasteiger partial charge in [-0.2, -0.15) is 0 Å². The van der Waals surface area contributed by atoms with Crippen molar-refractivity contribution in [1.29, 1.82) is 0 Å². The second-order valence-corrected chi connectivity index (χ2v) is 7.43. The van der Waals surface area contributed by atoms with E-state index in [2.05, 4.69) is 21.7 Å². The Hall–Kier alpha value is -1.89. The lowest BCUT2D eigenvalue weighted by Crippen LogP contribution is -2.52. The third kappa shape index (κ3) is 4.69. The van der Waals surface area contributed by atoms with E-state index < -0.39 is 0 Å². The molecule has 0 bridgehead atoms. The minimum Gasteiger partial charge on any atom is -0.496 e. The van der Waals surface area contributed by atoms with Crippen LogP contribution in [0.2, 0.25) is 0 Å². The molecule has 6 nitrogen and oxygen atoms in total. The molecule has 6 heteroatoms. The third-order valence-electron chi connectivity index (χ3n) is 5.43. The molecule has 3 heterocycles. The van der Waals surface area contributed by atoms with Crippen molar-refractivity contribution >= 4 is 0 Å². The van der Waals surface area contributed by atoms with Gasteiger partial charge in [-0.25, -0.2) is 0 Å². The van der Waals surface area contributed by atoms with Crippen molar-refractivity contribution < 1.29 is 14.3 Å². The average molecular weight is 373 g/mol. The van der Waals surface area contributed by atoms with Crippen LogP contribution in [0.25, 0.3) is 0 Å². The molecule has 0 unspecified atom stereocenters. The lowest BCUT2D eigenvalue weighted by Gasteiger charge is -2.41. The Morgan fingerprint density at radius 2 is 2.04 bits per heavy atom. The lowest BCUT2D eigenvalue weighted by atomic mass is 10.1. The molecule has 2 aromatic rings. The summed E-state index contributed by atoms with van der Waals surface area (Å²) in [6.07, 6.45) is 2.65. The molecular weight excluding hydrogens is 342 g/mol. The maximum atomic E-state index is 9.53. The van der Waals surface area contributed by atoms with Crippen LogP contribution in [0.5, 0.6) is 5.75 Å². The first kappa shape index (κ1) is 19.9. The number of aryl methyl sites for hydroxylation is 2. The van der Waals surface area contributed by atoms with Gasteiger partial charge in [0.2, 0.25) is 0 Å². The van der Waals surface area contributed by atoms with Crippen LogP contribution < -0.4 is 4.74 Å². The van der Waals surface area contributed by atoms with Gasteiger partial charge in [-0.3, -0.25) is 14.8 Å². The lowest BCUT2D eigenvalue weighted by molar-refractivity contribution is 0.0447. The van der Waals surface area contributed by atoms with Crippen molar-refractivity contribution in [3.63, 3.8) is 0 Å². The summed E-state index contributed by atoms with van der Waals surface area (Å²) in [5.74, 6) is 2.86. The van der Waals surface area contributed by atoms with E-state index in [1.54, 1.807) is 7.11 Å². The van der Waals surface area contributed by atoms with Crippen LogP contribution in [0.4, 0.5) is 0 Å². The number of piperazine rings is 1. The number of aliphatic hydroxyl groups is 1. The summed E-state index contributed by atoms with van der Waals surface area (Å²) in [6.45, 7) is 10.7. The van der Waals surface area contributed by atoms with Crippen molar-refractivity contribution in [2.75, 3.05) is 33.4 Å². The molecular formula is C21H31N3O3. The molecule has 2 aromatic heterocycles. The number of furan rings is 1. The van der Waals surface area contributed by atoms with Gasteiger partial charge in [0.1, 0.15) is 17.3 Å². The predicted octanol–water partition coefficient (Wildman–Crippen LogP) is 2.68. The fourth-order valence-corrected chi connectivity index (χ4v) is 3.94. The van der Waals surface area contributed by atoms with Crippen molar-refractivity contribution in [2.24, 2.45) is 0 Å². The molecule has 3 rings (SSSR count). The summed E-state index contributed by atoms with van der Waals surface area (Å²) in [6, 6.07) is 4.36. The number of methoxy groups -OCH3 is 1. The summed E-state index contributed by atoms with van der Waals surface area (Å²) in [5.41, 5.74) is 3.25. The summed E-state index contributed by atoms with van der Waals surface area (Å²) in [5, 5.41) is 9.53. The standard InChI is InChI=1S/C21H31N3O3/c1-15-11-22-20(17(3)21(15)26-4)14-23-8-9-24(18(12-23)7-10-25)13-19-6-5-16(2)27-19/h5-6,11,18,25H,7-10,12-14H2,1-4H3/t18-/m0/s1. The molecule has 0 aliphatic carbocycles. The highest BCUT2D eigenvalue weighted by Gasteiger charge is 2.28. The minimum absolute atomic E-state index is 0.196. The van der Waals surface area contributed by atoms with Crippen LogP contribution in [0.3, 0.4) is 0 Å². The largest absolute Gasteiger partial charge is 0.496 e. The molecule has 1 saturated heterocycles. The Balaban J connectivity index is 1.67. The second kappa shape index (κ2) is 8.87. The number of hydrogen-bond donors (Lipinski definition) is 1. The van der Waals surface area contributed by atoms with Gasteiger partial charge in [-0.15, -0.1) is 0 Å². The predicted molar refractivity (Wildman–Crippen MR) is 105 cm³/mol. The molecule has 0 saturated carbocycles. The Morgan fingerprint density at radius 3 is 2.70 bits per heavy atom. The zero-order valence-electron chi connectivity index (χ0n) is 16.9. The van der Waals surface area contributed by atoms with Gasteiger partial charge in [-0.05, 0) is 39.3 Å². The van der Waals surface area contributed by atoms with Crippen LogP contribution in [0.15, 0.2) is 22.7 Å². The van der Waals surface area contributed by atoms with E-state index in [1.807, 2.05) is 32.2 Å². The van der Waals surface area contributed by atoms with E-state index in [0.717, 1.165) is 73.2 Å². The molecule has 0 radical (unpaired) electrons. The highest BCUT2D eigenvalue weighted by molar-refractivity contribution is 5.41. The van der Waals surface area contributed by atoms with Gasteiger partial charge in [0.25, 0.3) is 0 Å². The first-order chi connectivity index (χ1) is 13.0. The van der Waals surface area contributed by atoms with E-state index >= 15 is 0 Å². The van der Waals surface area contributed by atoms with Crippen LogP contribution >= 0.6 is 0 Å². The highest BCUT2D eigenvalue weighted by Crippen LogP contribution is 2.26. The fourth-order valence-electron chi connectivity index (χ4n) is 3.94. The number of aliphatic hydroxyl groups excluding tert-OH is 1. The molecule has 0 aromatic carbocycles. The first-order valence-corrected chi connectivity index (χ1v) is 9.63. The van der Waals surface area contributed by atoms with E-state index in [1.165, 1.54) is 0 Å². The Morgan fingerprint density at radius 1 is 1.22 bits per heavy atom. The van der Waals surface area contributed by atoms with Crippen LogP contribution in [0, 0.1) is 20.8 Å². The van der Waals surface area contributed by atoms with Crippen LogP contribution in [-0.2, 0) is 13.1 Å². The topological polar surface area (TPSA) is 62.0 Å². The van der Waals surface area contributed by atoms with E-state index in [9.17, 15) is 5.11 Å². The minimum atomic E-state index is 0.196. The Kier molecular flexibility index (Phi) is 6.52. The zero-order valence-corrected chi connectivity index (χ0v) is 16.9. The van der Waals surface area contributed by atoms with Gasteiger partial charge >= 0.3 is 0 Å². The quantitative estimate of drug-likeness (QED) is 0.805. The normalized spacial score (nSPS) is 18.8. The van der Waals surface area contributed by atoms with Crippen LogP contribution in [0.1, 0.15) is 34.8 Å². The van der Waals surface area contributed by atoms with E-state index in [-0.39, 0.29) is 6.61 Å². The van der Waals surface area contributed by atoms with Gasteiger partial charge in [-0.1, -0.05) is 0 Å². The smallest absolute Gasteiger partial charge is 0.128 e. The van der Waals surface area contributed by atoms with Crippen molar-refractivity contribution in [3.05, 3.63) is 46.7 Å².